The van der Waals surface area contributed by atoms with E-state index in [4.69, 9.17) is 11.2 Å². The molecule has 2 aromatic heterocycles. The molecule has 47 heavy (non-hydrogen) atoms. The normalized spacial score (nSPS) is 20.6. The van der Waals surface area contributed by atoms with E-state index in [2.05, 4.69) is 38.9 Å². The van der Waals surface area contributed by atoms with Crippen molar-refractivity contribution in [3.8, 4) is 29.6 Å². The summed E-state index contributed by atoms with van der Waals surface area (Å²) in [6.45, 7) is 12.6. The summed E-state index contributed by atoms with van der Waals surface area (Å²) < 4.78 is 36.1. The minimum Gasteiger partial charge on any atom is -0.467 e. The van der Waals surface area contributed by atoms with Crippen LogP contribution in [0.1, 0.15) is 38.2 Å². The predicted molar refractivity (Wildman–Crippen MR) is 181 cm³/mol. The molecule has 3 fully saturated rings. The van der Waals surface area contributed by atoms with Gasteiger partial charge in [0.15, 0.2) is 5.82 Å². The lowest BCUT2D eigenvalue weighted by Crippen LogP contribution is -2.43. The maximum Gasteiger partial charge on any atom is 0.318 e. The molecule has 3 unspecified atom stereocenters. The predicted octanol–water partition coefficient (Wildman–Crippen LogP) is 6.14. The Labute approximate surface area is 273 Å². The first kappa shape index (κ1) is 32.1. The lowest BCUT2D eigenvalue weighted by atomic mass is 9.96. The van der Waals surface area contributed by atoms with Gasteiger partial charge in [0.25, 0.3) is 0 Å². The second kappa shape index (κ2) is 13.1. The number of fused-ring (bicyclic) bond motifs is 3. The van der Waals surface area contributed by atoms with E-state index in [1.807, 2.05) is 18.9 Å². The van der Waals surface area contributed by atoms with Crippen molar-refractivity contribution in [1.82, 2.24) is 24.8 Å². The zero-order valence-corrected chi connectivity index (χ0v) is 27.0. The van der Waals surface area contributed by atoms with Crippen molar-refractivity contribution in [3.63, 3.8) is 0 Å². The van der Waals surface area contributed by atoms with Gasteiger partial charge >= 0.3 is 6.01 Å². The molecule has 8 nitrogen and oxygen atoms in total. The molecule has 3 saturated heterocycles. The second-order valence-electron chi connectivity index (χ2n) is 12.4. The molecule has 3 atom stereocenters. The second-order valence-corrected chi connectivity index (χ2v) is 12.4. The number of halogens is 2. The fraction of sp³-hybridized carbons (Fsp3) is 0.351. The van der Waals surface area contributed by atoms with Gasteiger partial charge in [-0.1, -0.05) is 48.9 Å². The first-order valence-electron chi connectivity index (χ1n) is 15.8. The molecule has 2 aromatic carbocycles. The van der Waals surface area contributed by atoms with Gasteiger partial charge in [-0.3, -0.25) is 14.7 Å². The summed E-state index contributed by atoms with van der Waals surface area (Å²) in [4.78, 5) is 31.7. The van der Waals surface area contributed by atoms with Gasteiger partial charge in [-0.25, -0.2) is 8.78 Å². The van der Waals surface area contributed by atoms with Crippen LogP contribution in [0.2, 0.25) is 0 Å². The van der Waals surface area contributed by atoms with Gasteiger partial charge < -0.3 is 14.5 Å². The zero-order chi connectivity index (χ0) is 33.4. The number of carbonyl (C=O) groups excluding carboxylic acids is 1. The van der Waals surface area contributed by atoms with E-state index in [9.17, 15) is 9.18 Å². The molecule has 5 heterocycles. The van der Waals surface area contributed by atoms with Gasteiger partial charge in [0.05, 0.1) is 24.1 Å². The summed E-state index contributed by atoms with van der Waals surface area (Å²) in [6.07, 6.45) is 13.2. The molecule has 242 valence electrons. The van der Waals surface area contributed by atoms with Gasteiger partial charge in [0.2, 0.25) is 5.91 Å². The van der Waals surface area contributed by atoms with E-state index in [1.54, 1.807) is 29.2 Å². The number of aromatic nitrogens is 3. The number of hydrogen-bond donors (Lipinski definition) is 0. The number of amides is 1. The van der Waals surface area contributed by atoms with Gasteiger partial charge in [-0.05, 0) is 56.7 Å². The average molecular weight is 637 g/mol. The Morgan fingerprint density at radius 3 is 2.72 bits per heavy atom. The third kappa shape index (κ3) is 5.80. The number of likely N-dealkylation sites (N-methyl/N-ethyl adjacent to an activating group) is 1. The van der Waals surface area contributed by atoms with E-state index >= 15 is 4.39 Å². The molecule has 10 heteroatoms. The van der Waals surface area contributed by atoms with Crippen LogP contribution in [0, 0.1) is 24.0 Å². The van der Waals surface area contributed by atoms with Crippen LogP contribution < -0.4 is 9.64 Å². The number of nitrogens with zero attached hydrogens (tertiary/aromatic N) is 6. The number of rotatable bonds is 5. The molecule has 7 rings (SSSR count). The number of methoxy groups -OCH3 is 1. The number of terminal acetylenes is 1. The minimum absolute atomic E-state index is 0.00374. The van der Waals surface area contributed by atoms with E-state index in [-0.39, 0.29) is 40.8 Å². The number of carbonyl (C=O) groups is 1. The smallest absolute Gasteiger partial charge is 0.318 e. The molecule has 0 bridgehead atoms. The molecule has 0 N–H and O–H groups in total. The van der Waals surface area contributed by atoms with Crippen molar-refractivity contribution in [2.45, 2.75) is 50.7 Å². The summed E-state index contributed by atoms with van der Waals surface area (Å²) in [6, 6.07) is 8.69. The highest BCUT2D eigenvalue weighted by Gasteiger charge is 2.37. The number of hydrogen-bond acceptors (Lipinski definition) is 7. The van der Waals surface area contributed by atoms with Gasteiger partial charge in [-0.2, -0.15) is 9.97 Å². The first-order valence-corrected chi connectivity index (χ1v) is 15.8. The van der Waals surface area contributed by atoms with Crippen LogP contribution in [-0.2, 0) is 4.79 Å². The van der Waals surface area contributed by atoms with Crippen molar-refractivity contribution in [2.75, 3.05) is 38.7 Å². The number of likely N-dealkylation sites (tertiary alicyclic amines) is 1. The van der Waals surface area contributed by atoms with Crippen molar-refractivity contribution in [2.24, 2.45) is 0 Å². The standard InChI is InChI=1S/C29H25F2N5O2.C8H13N/c1-6-18-21(30)12-11-17-9-8-10-19(24(17)18)26-25(31)27-20(15-32-26)28(34-29(33-27)38-5)35(4)22-13-14-36(16(22)3)23(37)7-2;1-7-5-8-3-2-4-9(8)6-7/h1,7-12,15-16,22H,2,13-14H2,3-5H3;8H,1-6H2. The van der Waals surface area contributed by atoms with Crippen molar-refractivity contribution >= 4 is 33.4 Å². The molecular formula is C37H38F2N6O2. The number of ether oxygens (including phenoxy) is 1. The summed E-state index contributed by atoms with van der Waals surface area (Å²) >= 11 is 0. The molecule has 0 spiro atoms. The fourth-order valence-electron chi connectivity index (χ4n) is 7.31. The fourth-order valence-corrected chi connectivity index (χ4v) is 7.31. The van der Waals surface area contributed by atoms with Gasteiger partial charge in [0, 0.05) is 49.4 Å². The Bertz CT molecular complexity index is 1920. The van der Waals surface area contributed by atoms with Crippen LogP contribution >= 0.6 is 0 Å². The first-order chi connectivity index (χ1) is 22.7. The van der Waals surface area contributed by atoms with Gasteiger partial charge in [0.1, 0.15) is 22.8 Å². The summed E-state index contributed by atoms with van der Waals surface area (Å²) in [7, 11) is 3.24. The van der Waals surface area contributed by atoms with Crippen LogP contribution in [0.15, 0.2) is 61.3 Å². The highest BCUT2D eigenvalue weighted by atomic mass is 19.1. The summed E-state index contributed by atoms with van der Waals surface area (Å²) in [5.74, 6) is 1.38. The van der Waals surface area contributed by atoms with Crippen LogP contribution in [-0.4, -0.2) is 82.6 Å². The molecule has 3 aliphatic heterocycles. The van der Waals surface area contributed by atoms with Crippen molar-refractivity contribution < 1.29 is 18.3 Å². The molecular weight excluding hydrogens is 598 g/mol. The Hall–Kier alpha value is -4.88. The molecule has 4 aromatic rings. The monoisotopic (exact) mass is 636 g/mol. The highest BCUT2D eigenvalue weighted by molar-refractivity contribution is 6.02. The van der Waals surface area contributed by atoms with E-state index < -0.39 is 11.6 Å². The van der Waals surface area contributed by atoms with Crippen LogP contribution in [0.5, 0.6) is 6.01 Å². The quantitative estimate of drug-likeness (QED) is 0.148. The van der Waals surface area contributed by atoms with Crippen LogP contribution in [0.4, 0.5) is 14.6 Å². The zero-order valence-electron chi connectivity index (χ0n) is 27.0. The Morgan fingerprint density at radius 1 is 1.19 bits per heavy atom. The van der Waals surface area contributed by atoms with Crippen molar-refractivity contribution in [3.05, 3.63) is 78.5 Å². The Morgan fingerprint density at radius 2 is 2.00 bits per heavy atom. The average Bonchev–Trinajstić information content (AvgIpc) is 3.78. The third-order valence-corrected chi connectivity index (χ3v) is 9.67. The Balaban J connectivity index is 0.000000366. The van der Waals surface area contributed by atoms with Crippen LogP contribution in [0.3, 0.4) is 0 Å². The maximum absolute atomic E-state index is 16.2. The van der Waals surface area contributed by atoms with E-state index in [0.717, 1.165) is 6.04 Å². The molecule has 3 aliphatic rings. The molecule has 0 saturated carbocycles. The van der Waals surface area contributed by atoms with E-state index in [0.29, 0.717) is 40.5 Å². The lowest BCUT2D eigenvalue weighted by molar-refractivity contribution is -0.126. The molecule has 0 aliphatic carbocycles. The topological polar surface area (TPSA) is 74.7 Å². The molecule has 1 amide bonds. The highest BCUT2D eigenvalue weighted by Crippen LogP contribution is 2.37. The summed E-state index contributed by atoms with van der Waals surface area (Å²) in [5, 5.41) is 1.43. The number of benzene rings is 2. The van der Waals surface area contributed by atoms with Gasteiger partial charge in [-0.15, -0.1) is 6.42 Å². The largest absolute Gasteiger partial charge is 0.467 e. The van der Waals surface area contributed by atoms with E-state index in [1.165, 1.54) is 63.4 Å². The maximum atomic E-state index is 16.2. The van der Waals surface area contributed by atoms with Crippen molar-refractivity contribution in [1.29, 1.82) is 0 Å². The van der Waals surface area contributed by atoms with Crippen LogP contribution in [0.25, 0.3) is 32.9 Å². The minimum atomic E-state index is -0.708. The third-order valence-electron chi connectivity index (χ3n) is 9.67. The number of pyridine rings is 1. The molecule has 0 radical (unpaired) electrons. The number of anilines is 1. The Kier molecular flexibility index (Phi) is 8.93. The summed E-state index contributed by atoms with van der Waals surface area (Å²) in [5.41, 5.74) is 1.82. The SMILES string of the molecule is C#Cc1c(F)ccc2cccc(-c3ncc4c(N(C)C5CCN(C(=O)C=C)C5C)nc(OC)nc4c3F)c12.C=C1CC2CCCN2C1. The lowest BCUT2D eigenvalue weighted by Gasteiger charge is -2.31.